The minimum absolute atomic E-state index is 0.125. The molecule has 0 fully saturated rings. The summed E-state index contributed by atoms with van der Waals surface area (Å²) in [6.45, 7) is 10.9. The first-order chi connectivity index (χ1) is 10.2. The highest BCUT2D eigenvalue weighted by molar-refractivity contribution is 9.08. The zero-order valence-corrected chi connectivity index (χ0v) is 15.6. The van der Waals surface area contributed by atoms with Crippen LogP contribution < -0.4 is 0 Å². The lowest BCUT2D eigenvalue weighted by Crippen LogP contribution is -2.16. The van der Waals surface area contributed by atoms with Gasteiger partial charge in [0.05, 0.1) is 0 Å². The van der Waals surface area contributed by atoms with Crippen LogP contribution in [0.4, 0.5) is 4.39 Å². The Morgan fingerprint density at radius 2 is 1.73 bits per heavy atom. The van der Waals surface area contributed by atoms with E-state index in [4.69, 9.17) is 0 Å². The van der Waals surface area contributed by atoms with E-state index < -0.39 is 0 Å². The summed E-state index contributed by atoms with van der Waals surface area (Å²) in [6.07, 6.45) is 0. The van der Waals surface area contributed by atoms with Crippen LogP contribution in [0, 0.1) is 18.2 Å². The molecule has 0 aromatic heterocycles. The summed E-state index contributed by atoms with van der Waals surface area (Å²) < 4.78 is 14.4. The van der Waals surface area contributed by atoms with Gasteiger partial charge in [-0.2, -0.15) is 0 Å². The fourth-order valence-corrected chi connectivity index (χ4v) is 2.96. The van der Waals surface area contributed by atoms with Crippen LogP contribution in [0.5, 0.6) is 0 Å². The summed E-state index contributed by atoms with van der Waals surface area (Å²) in [5.41, 5.74) is 5.35. The number of hydrogen-bond acceptors (Lipinski definition) is 0. The molecule has 0 amide bonds. The Balaban J connectivity index is 2.68. The van der Waals surface area contributed by atoms with Gasteiger partial charge in [-0.1, -0.05) is 73.5 Å². The van der Waals surface area contributed by atoms with Gasteiger partial charge in [-0.25, -0.2) is 4.39 Å². The standard InChI is InChI=1S/C20H24BrF/c1-13-6-9-19(22)18(10-13)16-8-7-15(12-21)11-17(16)14(2)20(3,4)5/h6-11,14H,12H2,1-5H3/t14-/m1/s1. The molecule has 22 heavy (non-hydrogen) atoms. The van der Waals surface area contributed by atoms with Crippen molar-refractivity contribution in [1.29, 1.82) is 0 Å². The zero-order chi connectivity index (χ0) is 16.5. The van der Waals surface area contributed by atoms with E-state index in [0.717, 1.165) is 16.5 Å². The Labute approximate surface area is 141 Å². The molecule has 0 unspecified atom stereocenters. The third-order valence-electron chi connectivity index (χ3n) is 4.45. The van der Waals surface area contributed by atoms with E-state index in [1.807, 2.05) is 19.1 Å². The molecule has 0 saturated carbocycles. The van der Waals surface area contributed by atoms with E-state index in [2.05, 4.69) is 61.8 Å². The second-order valence-electron chi connectivity index (χ2n) is 7.13. The number of aryl methyl sites for hydroxylation is 1. The molecule has 0 spiro atoms. The second kappa shape index (κ2) is 6.54. The Kier molecular flexibility index (Phi) is 5.11. The zero-order valence-electron chi connectivity index (χ0n) is 14.0. The van der Waals surface area contributed by atoms with E-state index in [-0.39, 0.29) is 11.2 Å². The maximum Gasteiger partial charge on any atom is 0.131 e. The highest BCUT2D eigenvalue weighted by Gasteiger charge is 2.25. The topological polar surface area (TPSA) is 0 Å². The fourth-order valence-electron chi connectivity index (χ4n) is 2.61. The van der Waals surface area contributed by atoms with E-state index >= 15 is 0 Å². The van der Waals surface area contributed by atoms with E-state index in [9.17, 15) is 4.39 Å². The summed E-state index contributed by atoms with van der Waals surface area (Å²) >= 11 is 3.52. The minimum Gasteiger partial charge on any atom is -0.206 e. The highest BCUT2D eigenvalue weighted by Crippen LogP contribution is 2.40. The van der Waals surface area contributed by atoms with Crippen LogP contribution in [0.25, 0.3) is 11.1 Å². The van der Waals surface area contributed by atoms with Crippen LogP contribution >= 0.6 is 15.9 Å². The van der Waals surface area contributed by atoms with Crippen molar-refractivity contribution in [3.63, 3.8) is 0 Å². The summed E-state index contributed by atoms with van der Waals surface area (Å²) in [4.78, 5) is 0. The minimum atomic E-state index is -0.153. The second-order valence-corrected chi connectivity index (χ2v) is 7.69. The number of rotatable bonds is 3. The van der Waals surface area contributed by atoms with Crippen molar-refractivity contribution in [2.24, 2.45) is 5.41 Å². The van der Waals surface area contributed by atoms with Crippen LogP contribution in [0.2, 0.25) is 0 Å². The summed E-state index contributed by atoms with van der Waals surface area (Å²) in [6, 6.07) is 11.7. The summed E-state index contributed by atoms with van der Waals surface area (Å²) in [5, 5.41) is 0.813. The van der Waals surface area contributed by atoms with Gasteiger partial charge in [0.15, 0.2) is 0 Å². The van der Waals surface area contributed by atoms with Crippen LogP contribution in [0.3, 0.4) is 0 Å². The molecule has 0 radical (unpaired) electrons. The smallest absolute Gasteiger partial charge is 0.131 e. The maximum atomic E-state index is 14.4. The van der Waals surface area contributed by atoms with Crippen molar-refractivity contribution in [3.05, 3.63) is 58.9 Å². The molecular formula is C20H24BrF. The molecule has 1 atom stereocenters. The fraction of sp³-hybridized carbons (Fsp3) is 0.400. The summed E-state index contributed by atoms with van der Waals surface area (Å²) in [7, 11) is 0. The largest absolute Gasteiger partial charge is 0.206 e. The summed E-state index contributed by atoms with van der Waals surface area (Å²) in [5.74, 6) is 0.181. The van der Waals surface area contributed by atoms with Gasteiger partial charge in [-0.15, -0.1) is 0 Å². The van der Waals surface area contributed by atoms with Gasteiger partial charge in [0, 0.05) is 10.9 Å². The third-order valence-corrected chi connectivity index (χ3v) is 5.10. The van der Waals surface area contributed by atoms with E-state index in [1.165, 1.54) is 11.1 Å². The molecule has 0 bridgehead atoms. The molecule has 0 nitrogen and oxygen atoms in total. The third kappa shape index (κ3) is 3.60. The first kappa shape index (κ1) is 17.2. The van der Waals surface area contributed by atoms with E-state index in [0.29, 0.717) is 11.5 Å². The Morgan fingerprint density at radius 1 is 1.05 bits per heavy atom. The van der Waals surface area contributed by atoms with Crippen molar-refractivity contribution < 1.29 is 4.39 Å². The monoisotopic (exact) mass is 362 g/mol. The molecule has 0 heterocycles. The van der Waals surface area contributed by atoms with Crippen LogP contribution in [-0.4, -0.2) is 0 Å². The molecule has 0 aliphatic heterocycles. The van der Waals surface area contributed by atoms with Gasteiger partial charge in [0.25, 0.3) is 0 Å². The van der Waals surface area contributed by atoms with Crippen LogP contribution in [-0.2, 0) is 5.33 Å². The first-order valence-corrected chi connectivity index (χ1v) is 8.81. The van der Waals surface area contributed by atoms with E-state index in [1.54, 1.807) is 6.07 Å². The van der Waals surface area contributed by atoms with Crippen molar-refractivity contribution in [1.82, 2.24) is 0 Å². The first-order valence-electron chi connectivity index (χ1n) is 7.69. The molecule has 0 saturated heterocycles. The van der Waals surface area contributed by atoms with Crippen LogP contribution in [0.1, 0.15) is 50.3 Å². The maximum absolute atomic E-state index is 14.4. The predicted molar refractivity (Wildman–Crippen MR) is 97.1 cm³/mol. The quantitative estimate of drug-likeness (QED) is 0.524. The van der Waals surface area contributed by atoms with Gasteiger partial charge in [0.1, 0.15) is 5.82 Å². The van der Waals surface area contributed by atoms with Gasteiger partial charge in [-0.3, -0.25) is 0 Å². The molecule has 0 aliphatic carbocycles. The molecular weight excluding hydrogens is 339 g/mol. The van der Waals surface area contributed by atoms with Gasteiger partial charge >= 0.3 is 0 Å². The van der Waals surface area contributed by atoms with Crippen molar-refractivity contribution in [2.45, 2.75) is 45.9 Å². The van der Waals surface area contributed by atoms with Crippen LogP contribution in [0.15, 0.2) is 36.4 Å². The molecule has 2 aromatic carbocycles. The number of benzene rings is 2. The molecule has 2 heteroatoms. The average Bonchev–Trinajstić information content (AvgIpc) is 2.47. The van der Waals surface area contributed by atoms with Gasteiger partial charge in [-0.05, 0) is 47.1 Å². The Hall–Kier alpha value is -1.15. The lowest BCUT2D eigenvalue weighted by atomic mass is 9.75. The van der Waals surface area contributed by atoms with Gasteiger partial charge in [0.2, 0.25) is 0 Å². The highest BCUT2D eigenvalue weighted by atomic mass is 79.9. The van der Waals surface area contributed by atoms with Crippen molar-refractivity contribution >= 4 is 15.9 Å². The molecule has 2 rings (SSSR count). The van der Waals surface area contributed by atoms with Crippen molar-refractivity contribution in [2.75, 3.05) is 0 Å². The normalized spacial score (nSPS) is 13.2. The molecule has 2 aromatic rings. The Bertz CT molecular complexity index is 668. The predicted octanol–water partition coefficient (Wildman–Crippen LogP) is 6.85. The number of alkyl halides is 1. The Morgan fingerprint density at radius 3 is 2.32 bits per heavy atom. The molecule has 118 valence electrons. The number of halogens is 2. The lowest BCUT2D eigenvalue weighted by molar-refractivity contribution is 0.340. The van der Waals surface area contributed by atoms with Gasteiger partial charge < -0.3 is 0 Å². The molecule has 0 N–H and O–H groups in total. The SMILES string of the molecule is Cc1ccc(F)c(-c2ccc(CBr)cc2[C@@H](C)C(C)(C)C)c1. The lowest BCUT2D eigenvalue weighted by Gasteiger charge is -2.30. The number of hydrogen-bond donors (Lipinski definition) is 0. The average molecular weight is 363 g/mol. The molecule has 0 aliphatic rings. The van der Waals surface area contributed by atoms with Crippen molar-refractivity contribution in [3.8, 4) is 11.1 Å².